The fourth-order valence-corrected chi connectivity index (χ4v) is 2.29. The molecule has 15 heteroatoms. The van der Waals surface area contributed by atoms with Gasteiger partial charge in [0.15, 0.2) is 6.29 Å². The van der Waals surface area contributed by atoms with E-state index in [0.717, 1.165) is 23.5 Å². The largest absolute Gasteiger partial charge is 0.417 e. The summed E-state index contributed by atoms with van der Waals surface area (Å²) in [6.07, 6.45) is -0.252. The number of carbonyl (C=O) groups excluding carboxylic acids is 2. The highest BCUT2D eigenvalue weighted by Gasteiger charge is 2.30. The van der Waals surface area contributed by atoms with Gasteiger partial charge in [-0.05, 0) is 25.1 Å². The molecule has 0 saturated heterocycles. The molecular formula is C18H25F4N9O2. The lowest BCUT2D eigenvalue weighted by Crippen LogP contribution is -2.32. The molecule has 0 radical (unpaired) electrons. The number of aromatic nitrogens is 4. The van der Waals surface area contributed by atoms with Gasteiger partial charge in [0, 0.05) is 31.7 Å². The minimum Gasteiger partial charge on any atom is -0.393 e. The molecule has 0 aliphatic rings. The number of nitrogens with one attached hydrogen (secondary N) is 1. The van der Waals surface area contributed by atoms with Gasteiger partial charge in [-0.25, -0.2) is 14.9 Å². The van der Waals surface area contributed by atoms with Crippen molar-refractivity contribution in [3.05, 3.63) is 53.4 Å². The highest BCUT2D eigenvalue weighted by Crippen LogP contribution is 2.28. The Balaban J connectivity index is 0.000000361. The van der Waals surface area contributed by atoms with E-state index >= 15 is 0 Å². The standard InChI is InChI=1S/C10H16FN7O2.C8H9F3N2/c11-7(3-18-4-8(6-19)15-16-18)1-2-17(14)5-9(12)10(13)20;1-12-3-6-2-7(5-13-4-6)8(9,10)11/h4-7H,1-3,12,14H2,(H2,13,20);2,4-5,12H,3H2,1H3/b9-5-;. The topological polar surface area (TPSA) is 171 Å². The molecule has 0 spiro atoms. The van der Waals surface area contributed by atoms with Crippen LogP contribution in [0.3, 0.4) is 0 Å². The lowest BCUT2D eigenvalue weighted by atomic mass is 10.2. The summed E-state index contributed by atoms with van der Waals surface area (Å²) in [5, 5.41) is 10.9. The average molecular weight is 475 g/mol. The molecule has 7 N–H and O–H groups in total. The molecule has 2 aromatic heterocycles. The second kappa shape index (κ2) is 13.1. The maximum absolute atomic E-state index is 13.7. The van der Waals surface area contributed by atoms with Crippen LogP contribution in [-0.2, 0) is 24.1 Å². The highest BCUT2D eigenvalue weighted by molar-refractivity contribution is 5.90. The van der Waals surface area contributed by atoms with Crippen LogP contribution in [0.1, 0.15) is 28.0 Å². The van der Waals surface area contributed by atoms with Crippen molar-refractivity contribution < 1.29 is 27.2 Å². The van der Waals surface area contributed by atoms with Crippen LogP contribution in [0.4, 0.5) is 17.6 Å². The number of rotatable bonds is 10. The van der Waals surface area contributed by atoms with Gasteiger partial charge in [0.2, 0.25) is 0 Å². The number of pyridine rings is 1. The second-order valence-electron chi connectivity index (χ2n) is 6.67. The van der Waals surface area contributed by atoms with Gasteiger partial charge in [-0.15, -0.1) is 5.10 Å². The van der Waals surface area contributed by atoms with Crippen LogP contribution in [-0.4, -0.2) is 56.9 Å². The van der Waals surface area contributed by atoms with Crippen molar-refractivity contribution in [1.82, 2.24) is 30.3 Å². The van der Waals surface area contributed by atoms with Crippen LogP contribution in [0, 0.1) is 0 Å². The zero-order chi connectivity index (χ0) is 25.0. The number of halogens is 4. The van der Waals surface area contributed by atoms with Gasteiger partial charge in [0.05, 0.1) is 18.3 Å². The third kappa shape index (κ3) is 10.5. The molecule has 0 aliphatic heterocycles. The van der Waals surface area contributed by atoms with E-state index in [0.29, 0.717) is 18.4 Å². The number of alkyl halides is 4. The molecule has 2 rings (SSSR count). The third-order valence-electron chi connectivity index (χ3n) is 3.86. The molecule has 1 unspecified atom stereocenters. The predicted molar refractivity (Wildman–Crippen MR) is 109 cm³/mol. The minimum absolute atomic E-state index is 0.0519. The number of nitrogens with zero attached hydrogens (tertiary/aromatic N) is 5. The number of aldehydes is 1. The Morgan fingerprint density at radius 3 is 2.58 bits per heavy atom. The Labute approximate surface area is 186 Å². The van der Waals surface area contributed by atoms with Crippen molar-refractivity contribution in [3.8, 4) is 0 Å². The van der Waals surface area contributed by atoms with Crippen molar-refractivity contribution in [2.45, 2.75) is 31.9 Å². The fourth-order valence-electron chi connectivity index (χ4n) is 2.29. The Kier molecular flexibility index (Phi) is 10.9. The van der Waals surface area contributed by atoms with Crippen molar-refractivity contribution in [3.63, 3.8) is 0 Å². The summed E-state index contributed by atoms with van der Waals surface area (Å²) in [6.45, 7) is 0.463. The molecule has 1 amide bonds. The van der Waals surface area contributed by atoms with Crippen molar-refractivity contribution in [2.75, 3.05) is 13.6 Å². The SMILES string of the molecule is CNCc1cncc(C(F)(F)F)c1.NC(=O)/C(N)=C/N(N)CCC(F)Cn1cc(C=O)nn1. The van der Waals surface area contributed by atoms with Crippen LogP contribution in [0.15, 0.2) is 36.6 Å². The van der Waals surface area contributed by atoms with E-state index in [-0.39, 0.29) is 30.9 Å². The number of hydrogen-bond donors (Lipinski definition) is 4. The van der Waals surface area contributed by atoms with Gasteiger partial charge in [0.1, 0.15) is 17.6 Å². The van der Waals surface area contributed by atoms with E-state index in [9.17, 15) is 27.2 Å². The van der Waals surface area contributed by atoms with E-state index in [1.54, 1.807) is 7.05 Å². The summed E-state index contributed by atoms with van der Waals surface area (Å²) < 4.78 is 51.3. The molecule has 2 aromatic rings. The quantitative estimate of drug-likeness (QED) is 0.122. The third-order valence-corrected chi connectivity index (χ3v) is 3.86. The summed E-state index contributed by atoms with van der Waals surface area (Å²) in [5.74, 6) is 4.70. The first kappa shape index (κ1) is 27.4. The van der Waals surface area contributed by atoms with Crippen LogP contribution in [0.5, 0.6) is 0 Å². The lowest BCUT2D eigenvalue weighted by Gasteiger charge is -2.15. The molecular weight excluding hydrogens is 450 g/mol. The number of hydrogen-bond acceptors (Lipinski definition) is 9. The Morgan fingerprint density at radius 2 is 2.03 bits per heavy atom. The number of primary amides is 1. The van der Waals surface area contributed by atoms with E-state index < -0.39 is 23.8 Å². The van der Waals surface area contributed by atoms with Crippen molar-refractivity contribution in [2.24, 2.45) is 17.3 Å². The average Bonchev–Trinajstić information content (AvgIpc) is 3.20. The summed E-state index contributed by atoms with van der Waals surface area (Å²) in [7, 11) is 1.67. The van der Waals surface area contributed by atoms with Crippen LogP contribution < -0.4 is 22.6 Å². The summed E-state index contributed by atoms with van der Waals surface area (Å²) in [6, 6.07) is 1.09. The van der Waals surface area contributed by atoms with Crippen LogP contribution in [0.2, 0.25) is 0 Å². The summed E-state index contributed by atoms with van der Waals surface area (Å²) >= 11 is 0. The van der Waals surface area contributed by atoms with E-state index in [4.69, 9.17) is 17.3 Å². The first-order valence-corrected chi connectivity index (χ1v) is 9.39. The molecule has 0 aromatic carbocycles. The Morgan fingerprint density at radius 1 is 1.33 bits per heavy atom. The van der Waals surface area contributed by atoms with Crippen LogP contribution in [0.25, 0.3) is 0 Å². The molecule has 0 aliphatic carbocycles. The zero-order valence-corrected chi connectivity index (χ0v) is 17.7. The molecule has 1 atom stereocenters. The first-order valence-electron chi connectivity index (χ1n) is 9.39. The maximum Gasteiger partial charge on any atom is 0.417 e. The number of amides is 1. The van der Waals surface area contributed by atoms with E-state index in [1.807, 2.05) is 0 Å². The smallest absolute Gasteiger partial charge is 0.393 e. The van der Waals surface area contributed by atoms with Gasteiger partial charge in [-0.1, -0.05) is 5.21 Å². The summed E-state index contributed by atoms with van der Waals surface area (Å²) in [4.78, 5) is 24.6. The molecule has 0 bridgehead atoms. The number of nitrogens with two attached hydrogens (primary N) is 3. The Bertz CT molecular complexity index is 934. The number of hydrazine groups is 1. The molecule has 33 heavy (non-hydrogen) atoms. The molecule has 11 nitrogen and oxygen atoms in total. The first-order chi connectivity index (χ1) is 15.5. The predicted octanol–water partition coefficient (Wildman–Crippen LogP) is 0.0997. The van der Waals surface area contributed by atoms with Crippen molar-refractivity contribution >= 4 is 12.2 Å². The minimum atomic E-state index is -4.31. The van der Waals surface area contributed by atoms with Crippen LogP contribution >= 0.6 is 0 Å². The molecule has 2 heterocycles. The number of carbonyl (C=O) groups is 2. The van der Waals surface area contributed by atoms with Gasteiger partial charge >= 0.3 is 6.18 Å². The normalized spacial score (nSPS) is 12.5. The maximum atomic E-state index is 13.7. The second-order valence-corrected chi connectivity index (χ2v) is 6.67. The molecule has 182 valence electrons. The monoisotopic (exact) mass is 475 g/mol. The van der Waals surface area contributed by atoms with E-state index in [1.165, 1.54) is 17.1 Å². The van der Waals surface area contributed by atoms with Gasteiger partial charge in [-0.3, -0.25) is 14.6 Å². The zero-order valence-electron chi connectivity index (χ0n) is 17.7. The fraction of sp³-hybridized carbons (Fsp3) is 0.389. The van der Waals surface area contributed by atoms with E-state index in [2.05, 4.69) is 20.6 Å². The highest BCUT2D eigenvalue weighted by atomic mass is 19.4. The Hall–Kier alpha value is -3.59. The van der Waals surface area contributed by atoms with Gasteiger partial charge < -0.3 is 21.8 Å². The van der Waals surface area contributed by atoms with Gasteiger partial charge in [-0.2, -0.15) is 13.2 Å². The molecule has 0 fully saturated rings. The van der Waals surface area contributed by atoms with Crippen molar-refractivity contribution in [1.29, 1.82) is 0 Å². The summed E-state index contributed by atoms with van der Waals surface area (Å²) in [5.41, 5.74) is 9.94. The molecule has 0 saturated carbocycles. The lowest BCUT2D eigenvalue weighted by molar-refractivity contribution is -0.137. The van der Waals surface area contributed by atoms with Gasteiger partial charge in [0.25, 0.3) is 5.91 Å².